The summed E-state index contributed by atoms with van der Waals surface area (Å²) in [5.41, 5.74) is 0. The number of carbonyl (C=O) groups is 2. The molecule has 0 aromatic carbocycles. The summed E-state index contributed by atoms with van der Waals surface area (Å²) < 4.78 is 22.4. The highest BCUT2D eigenvalue weighted by Gasteiger charge is 2.36. The maximum Gasteiger partial charge on any atom is 0.413 e. The molecule has 0 bridgehead atoms. The summed E-state index contributed by atoms with van der Waals surface area (Å²) >= 11 is 0. The number of hydrogen-bond donors (Lipinski definition) is 1. The quantitative estimate of drug-likeness (QED) is 0.740. The topological polar surface area (TPSA) is 67.9 Å². The minimum absolute atomic E-state index is 0.0530. The van der Waals surface area contributed by atoms with Gasteiger partial charge in [0.2, 0.25) is 0 Å². The maximum absolute atomic E-state index is 12.3. The Kier molecular flexibility index (Phi) is 6.01. The highest BCUT2D eigenvalue weighted by atomic mass is 19.1. The van der Waals surface area contributed by atoms with Crippen molar-refractivity contribution >= 4 is 12.0 Å². The molecule has 0 spiro atoms. The summed E-state index contributed by atoms with van der Waals surface area (Å²) in [6.45, 7) is 4.22. The van der Waals surface area contributed by atoms with Crippen molar-refractivity contribution in [2.24, 2.45) is 0 Å². The Labute approximate surface area is 110 Å². The molecule has 1 fully saturated rings. The number of ether oxygens (including phenoxy) is 2. The molecule has 1 aliphatic rings. The molecule has 0 aromatic rings. The van der Waals surface area contributed by atoms with Crippen LogP contribution in [0.3, 0.4) is 0 Å². The summed E-state index contributed by atoms with van der Waals surface area (Å²) in [5, 5.41) is 2.33. The molecule has 6 nitrogen and oxygen atoms in total. The smallest absolute Gasteiger partial charge is 0.413 e. The Morgan fingerprint density at radius 2 is 2.53 bits per heavy atom. The van der Waals surface area contributed by atoms with Crippen LogP contribution in [-0.4, -0.2) is 42.6 Å². The van der Waals surface area contributed by atoms with Gasteiger partial charge in [-0.15, -0.1) is 0 Å². The van der Waals surface area contributed by atoms with Crippen LogP contribution in [0.15, 0.2) is 24.9 Å². The molecule has 0 saturated carbocycles. The molecule has 7 heteroatoms. The van der Waals surface area contributed by atoms with Crippen LogP contribution in [-0.2, 0) is 14.3 Å². The molecule has 0 aromatic heterocycles. The van der Waals surface area contributed by atoms with Gasteiger partial charge >= 0.3 is 6.09 Å². The molecular weight excluding hydrogens is 255 g/mol. The number of hydrogen-bond acceptors (Lipinski definition) is 4. The number of rotatable bonds is 6. The first-order valence-electron chi connectivity index (χ1n) is 5.83. The Bertz CT molecular complexity index is 373. The van der Waals surface area contributed by atoms with E-state index in [-0.39, 0.29) is 18.9 Å². The van der Waals surface area contributed by atoms with E-state index in [0.29, 0.717) is 0 Å². The van der Waals surface area contributed by atoms with Crippen molar-refractivity contribution in [2.75, 3.05) is 13.3 Å². The van der Waals surface area contributed by atoms with Gasteiger partial charge in [0.05, 0.1) is 6.67 Å². The number of halogens is 1. The number of alkyl carbamates (subject to hydrolysis) is 1. The lowest BCUT2D eigenvalue weighted by molar-refractivity contribution is -0.138. The van der Waals surface area contributed by atoms with Gasteiger partial charge in [0, 0.05) is 12.6 Å². The Morgan fingerprint density at radius 1 is 1.79 bits per heavy atom. The maximum atomic E-state index is 12.3. The van der Waals surface area contributed by atoms with E-state index in [1.165, 1.54) is 30.2 Å². The van der Waals surface area contributed by atoms with Gasteiger partial charge in [0.25, 0.3) is 5.91 Å². The number of nitrogens with one attached hydrogen (secondary N) is 1. The third-order valence-electron chi connectivity index (χ3n) is 2.46. The van der Waals surface area contributed by atoms with Gasteiger partial charge in [0.15, 0.2) is 6.23 Å². The largest absolute Gasteiger partial charge is 0.425 e. The standard InChI is InChI=1S/C12H17FN2O4/c1-3-4-7-14-12(17)19-9(2)15-10(16)8-18-11(15)5-6-13/h3-4,7,9,11H,1,5-6,8H2,2H3,(H,14,17)/b7-4+. The van der Waals surface area contributed by atoms with Gasteiger partial charge in [-0.2, -0.15) is 0 Å². The zero-order chi connectivity index (χ0) is 14.3. The van der Waals surface area contributed by atoms with Crippen molar-refractivity contribution in [3.8, 4) is 0 Å². The van der Waals surface area contributed by atoms with Crippen molar-refractivity contribution in [1.82, 2.24) is 10.2 Å². The van der Waals surface area contributed by atoms with E-state index < -0.39 is 25.2 Å². The summed E-state index contributed by atoms with van der Waals surface area (Å²) in [7, 11) is 0. The van der Waals surface area contributed by atoms with E-state index in [0.717, 1.165) is 0 Å². The molecule has 2 atom stereocenters. The molecule has 19 heavy (non-hydrogen) atoms. The van der Waals surface area contributed by atoms with E-state index in [1.54, 1.807) is 0 Å². The fourth-order valence-electron chi connectivity index (χ4n) is 1.67. The van der Waals surface area contributed by atoms with E-state index in [2.05, 4.69) is 11.9 Å². The van der Waals surface area contributed by atoms with Crippen LogP contribution >= 0.6 is 0 Å². The van der Waals surface area contributed by atoms with Crippen molar-refractivity contribution in [3.05, 3.63) is 24.9 Å². The molecule has 1 heterocycles. The van der Waals surface area contributed by atoms with Crippen LogP contribution in [0.4, 0.5) is 9.18 Å². The van der Waals surface area contributed by atoms with Crippen LogP contribution < -0.4 is 5.32 Å². The Hall–Kier alpha value is -1.89. The predicted molar refractivity (Wildman–Crippen MR) is 65.6 cm³/mol. The zero-order valence-corrected chi connectivity index (χ0v) is 10.7. The molecule has 0 radical (unpaired) electrons. The Morgan fingerprint density at radius 3 is 3.16 bits per heavy atom. The van der Waals surface area contributed by atoms with Crippen molar-refractivity contribution < 1.29 is 23.5 Å². The third-order valence-corrected chi connectivity index (χ3v) is 2.46. The van der Waals surface area contributed by atoms with E-state index in [1.807, 2.05) is 0 Å². The zero-order valence-electron chi connectivity index (χ0n) is 10.7. The Balaban J connectivity index is 2.52. The fourth-order valence-corrected chi connectivity index (χ4v) is 1.67. The minimum Gasteiger partial charge on any atom is -0.425 e. The van der Waals surface area contributed by atoms with Gasteiger partial charge in [-0.25, -0.2) is 4.79 Å². The predicted octanol–water partition coefficient (Wildman–Crippen LogP) is 1.30. The highest BCUT2D eigenvalue weighted by molar-refractivity contribution is 5.79. The first-order valence-corrected chi connectivity index (χ1v) is 5.83. The van der Waals surface area contributed by atoms with Crippen LogP contribution in [0.2, 0.25) is 0 Å². The molecule has 1 saturated heterocycles. The lowest BCUT2D eigenvalue weighted by Crippen LogP contribution is -2.44. The number of amides is 2. The normalized spacial score (nSPS) is 20.6. The van der Waals surface area contributed by atoms with E-state index >= 15 is 0 Å². The molecule has 0 aliphatic carbocycles. The lowest BCUT2D eigenvalue weighted by Gasteiger charge is -2.28. The summed E-state index contributed by atoms with van der Waals surface area (Å²) in [6.07, 6.45) is 2.17. The molecule has 106 valence electrons. The van der Waals surface area contributed by atoms with Gasteiger partial charge in [-0.05, 0) is 13.0 Å². The monoisotopic (exact) mass is 272 g/mol. The molecule has 2 unspecified atom stereocenters. The summed E-state index contributed by atoms with van der Waals surface area (Å²) in [5.74, 6) is -0.333. The second-order valence-electron chi connectivity index (χ2n) is 3.79. The average molecular weight is 272 g/mol. The van der Waals surface area contributed by atoms with Crippen molar-refractivity contribution in [2.45, 2.75) is 25.8 Å². The van der Waals surface area contributed by atoms with Gasteiger partial charge in [0.1, 0.15) is 12.8 Å². The second-order valence-corrected chi connectivity index (χ2v) is 3.79. The second kappa shape index (κ2) is 7.52. The van der Waals surface area contributed by atoms with Gasteiger partial charge < -0.3 is 9.47 Å². The highest BCUT2D eigenvalue weighted by Crippen LogP contribution is 2.19. The minimum atomic E-state index is -0.830. The SMILES string of the molecule is C=C/C=C/NC(=O)OC(C)N1C(=O)COC1CCF. The summed E-state index contributed by atoms with van der Waals surface area (Å²) in [6, 6.07) is 0. The van der Waals surface area contributed by atoms with Crippen LogP contribution in [0.1, 0.15) is 13.3 Å². The molecule has 1 aliphatic heterocycles. The molecule has 1 N–H and O–H groups in total. The number of nitrogens with zero attached hydrogens (tertiary/aromatic N) is 1. The first-order chi connectivity index (χ1) is 9.10. The van der Waals surface area contributed by atoms with Gasteiger partial charge in [-0.1, -0.05) is 12.7 Å². The van der Waals surface area contributed by atoms with Crippen LogP contribution in [0.25, 0.3) is 0 Å². The first kappa shape index (κ1) is 15.2. The fraction of sp³-hybridized carbons (Fsp3) is 0.500. The number of allylic oxidation sites excluding steroid dienone is 2. The third kappa shape index (κ3) is 4.36. The van der Waals surface area contributed by atoms with Gasteiger partial charge in [-0.3, -0.25) is 19.4 Å². The average Bonchev–Trinajstić information content (AvgIpc) is 2.71. The number of carbonyl (C=O) groups excluding carboxylic acids is 2. The molecular formula is C12H17FN2O4. The number of alkyl halides is 1. The van der Waals surface area contributed by atoms with Crippen molar-refractivity contribution in [1.29, 1.82) is 0 Å². The van der Waals surface area contributed by atoms with E-state index in [4.69, 9.17) is 9.47 Å². The van der Waals surface area contributed by atoms with Crippen molar-refractivity contribution in [3.63, 3.8) is 0 Å². The van der Waals surface area contributed by atoms with Crippen LogP contribution in [0, 0.1) is 0 Å². The molecule has 1 rings (SSSR count). The van der Waals surface area contributed by atoms with E-state index in [9.17, 15) is 14.0 Å². The summed E-state index contributed by atoms with van der Waals surface area (Å²) in [4.78, 5) is 24.2. The lowest BCUT2D eigenvalue weighted by atomic mass is 10.3. The van der Waals surface area contributed by atoms with Crippen LogP contribution in [0.5, 0.6) is 0 Å². The molecule has 2 amide bonds.